The number of benzene rings is 1. The summed E-state index contributed by atoms with van der Waals surface area (Å²) in [6, 6.07) is 8.12. The molecule has 0 amide bonds. The van der Waals surface area contributed by atoms with Gasteiger partial charge in [0.05, 0.1) is 23.7 Å². The fourth-order valence-electron chi connectivity index (χ4n) is 2.97. The number of likely N-dealkylation sites (tertiary alicyclic amines) is 1. The van der Waals surface area contributed by atoms with Gasteiger partial charge in [0, 0.05) is 39.8 Å². The van der Waals surface area contributed by atoms with Crippen molar-refractivity contribution in [1.82, 2.24) is 9.21 Å². The first-order valence-electron chi connectivity index (χ1n) is 7.71. The van der Waals surface area contributed by atoms with E-state index in [-0.39, 0.29) is 5.60 Å². The third-order valence-electron chi connectivity index (χ3n) is 4.34. The number of hydrogen-bond donors (Lipinski definition) is 0. The van der Waals surface area contributed by atoms with Crippen LogP contribution < -0.4 is 0 Å². The number of morpholine rings is 1. The number of rotatable bonds is 5. The van der Waals surface area contributed by atoms with Crippen LogP contribution in [0.4, 0.5) is 0 Å². The van der Waals surface area contributed by atoms with Crippen LogP contribution >= 0.6 is 0 Å². The van der Waals surface area contributed by atoms with Crippen LogP contribution in [0.1, 0.15) is 12.5 Å². The van der Waals surface area contributed by atoms with Crippen molar-refractivity contribution in [2.45, 2.75) is 24.0 Å². The molecule has 2 aliphatic rings. The lowest BCUT2D eigenvalue weighted by Gasteiger charge is -2.47. The molecule has 6 heteroatoms. The molecule has 0 bridgehead atoms. The summed E-state index contributed by atoms with van der Waals surface area (Å²) in [5.74, 6) is 0. The summed E-state index contributed by atoms with van der Waals surface area (Å²) in [7, 11) is 0.698. The van der Waals surface area contributed by atoms with Gasteiger partial charge in [-0.2, -0.15) is 0 Å². The number of nitrogens with zero attached hydrogens (tertiary/aromatic N) is 2. The van der Waals surface area contributed by atoms with E-state index in [0.29, 0.717) is 13.2 Å². The van der Waals surface area contributed by atoms with Gasteiger partial charge in [0.1, 0.15) is 11.0 Å². The Morgan fingerprint density at radius 1 is 1.23 bits per heavy atom. The highest BCUT2D eigenvalue weighted by Crippen LogP contribution is 2.25. The molecule has 1 unspecified atom stereocenters. The highest BCUT2D eigenvalue weighted by atomic mass is 32.2. The van der Waals surface area contributed by atoms with Crippen LogP contribution in [-0.2, 0) is 27.0 Å². The molecule has 1 aromatic rings. The van der Waals surface area contributed by atoms with E-state index in [9.17, 15) is 4.21 Å². The molecular weight excluding hydrogens is 300 g/mol. The Morgan fingerprint density at radius 2 is 1.86 bits per heavy atom. The second-order valence-electron chi connectivity index (χ2n) is 6.23. The number of hydrogen-bond acceptors (Lipinski definition) is 4. The Bertz CT molecular complexity index is 523. The van der Waals surface area contributed by atoms with E-state index in [1.165, 1.54) is 5.56 Å². The van der Waals surface area contributed by atoms with Gasteiger partial charge in [0.2, 0.25) is 0 Å². The number of ether oxygens (including phenoxy) is 2. The van der Waals surface area contributed by atoms with Gasteiger partial charge in [-0.3, -0.25) is 4.90 Å². The maximum absolute atomic E-state index is 12.5. The van der Waals surface area contributed by atoms with E-state index >= 15 is 0 Å². The molecule has 2 fully saturated rings. The van der Waals surface area contributed by atoms with Crippen LogP contribution in [-0.4, -0.2) is 65.5 Å². The average Bonchev–Trinajstić information content (AvgIpc) is 2.54. The lowest BCUT2D eigenvalue weighted by Crippen LogP contribution is -2.60. The largest absolute Gasteiger partial charge is 0.379 e. The van der Waals surface area contributed by atoms with Gasteiger partial charge < -0.3 is 9.47 Å². The van der Waals surface area contributed by atoms with Crippen LogP contribution in [0.15, 0.2) is 29.2 Å². The first-order valence-corrected chi connectivity index (χ1v) is 8.81. The Labute approximate surface area is 134 Å². The molecule has 0 N–H and O–H groups in total. The van der Waals surface area contributed by atoms with Crippen molar-refractivity contribution >= 4 is 11.0 Å². The zero-order valence-electron chi connectivity index (χ0n) is 13.3. The number of methoxy groups -OCH3 is 1. The lowest BCUT2D eigenvalue weighted by atomic mass is 9.96. The zero-order valence-corrected chi connectivity index (χ0v) is 14.1. The first-order chi connectivity index (χ1) is 10.6. The summed E-state index contributed by atoms with van der Waals surface area (Å²) < 4.78 is 25.2. The van der Waals surface area contributed by atoms with Gasteiger partial charge >= 0.3 is 0 Å². The van der Waals surface area contributed by atoms with Gasteiger partial charge in [-0.05, 0) is 24.6 Å². The Kier molecular flexibility index (Phi) is 4.94. The molecule has 22 heavy (non-hydrogen) atoms. The molecule has 2 aliphatic heterocycles. The van der Waals surface area contributed by atoms with Crippen LogP contribution in [0.5, 0.6) is 0 Å². The van der Waals surface area contributed by atoms with Gasteiger partial charge in [-0.25, -0.2) is 8.51 Å². The van der Waals surface area contributed by atoms with Crippen molar-refractivity contribution in [2.75, 3.05) is 46.5 Å². The summed E-state index contributed by atoms with van der Waals surface area (Å²) in [5, 5.41) is 0. The first kappa shape index (κ1) is 16.1. The lowest BCUT2D eigenvalue weighted by molar-refractivity contribution is -0.114. The fraction of sp³-hybridized carbons (Fsp3) is 0.625. The second kappa shape index (κ2) is 6.76. The summed E-state index contributed by atoms with van der Waals surface area (Å²) in [5.41, 5.74) is 1.26. The molecule has 1 aromatic carbocycles. The maximum atomic E-state index is 12.5. The minimum atomic E-state index is -1.07. The molecule has 2 saturated heterocycles. The van der Waals surface area contributed by atoms with Crippen LogP contribution in [0, 0.1) is 0 Å². The van der Waals surface area contributed by atoms with E-state index in [2.05, 4.69) is 24.0 Å². The molecule has 3 rings (SSSR count). The summed E-state index contributed by atoms with van der Waals surface area (Å²) in [6.45, 7) is 7.78. The van der Waals surface area contributed by atoms with Crippen molar-refractivity contribution in [3.63, 3.8) is 0 Å². The maximum Gasteiger partial charge on any atom is 0.127 e. The third-order valence-corrected chi connectivity index (χ3v) is 5.85. The van der Waals surface area contributed by atoms with Gasteiger partial charge in [-0.1, -0.05) is 12.1 Å². The summed E-state index contributed by atoms with van der Waals surface area (Å²) in [6.07, 6.45) is 0. The minimum Gasteiger partial charge on any atom is -0.379 e. The van der Waals surface area contributed by atoms with Crippen LogP contribution in [0.25, 0.3) is 0 Å². The Balaban J connectivity index is 1.55. The van der Waals surface area contributed by atoms with Gasteiger partial charge in [0.25, 0.3) is 0 Å². The predicted octanol–water partition coefficient (Wildman–Crippen LogP) is 1.26. The molecule has 0 aliphatic carbocycles. The topological polar surface area (TPSA) is 42.0 Å². The van der Waals surface area contributed by atoms with Crippen LogP contribution in [0.2, 0.25) is 0 Å². The molecule has 1 atom stereocenters. The van der Waals surface area contributed by atoms with Crippen molar-refractivity contribution in [3.05, 3.63) is 29.8 Å². The molecule has 5 nitrogen and oxygen atoms in total. The highest BCUT2D eigenvalue weighted by molar-refractivity contribution is 7.82. The molecule has 0 aromatic heterocycles. The van der Waals surface area contributed by atoms with E-state index in [1.54, 1.807) is 7.11 Å². The van der Waals surface area contributed by atoms with Crippen LogP contribution in [0.3, 0.4) is 0 Å². The Hall–Kier alpha value is -0.790. The molecule has 0 spiro atoms. The predicted molar refractivity (Wildman–Crippen MR) is 85.9 cm³/mol. The molecular formula is C16H24N2O3S. The van der Waals surface area contributed by atoms with Crippen molar-refractivity contribution in [3.8, 4) is 0 Å². The molecule has 0 radical (unpaired) electrons. The minimum absolute atomic E-state index is 0.0117. The van der Waals surface area contributed by atoms with E-state index in [4.69, 9.17) is 9.47 Å². The van der Waals surface area contributed by atoms with Gasteiger partial charge in [-0.15, -0.1) is 0 Å². The van der Waals surface area contributed by atoms with E-state index in [1.807, 2.05) is 16.4 Å². The standard InChI is InChI=1S/C16H24N2O3S/c1-16(20-2)12-17(13-16)11-14-3-5-15(6-4-14)22(19)18-7-9-21-10-8-18/h3-6H,7-13H2,1-2H3. The SMILES string of the molecule is COC1(C)CN(Cc2ccc(S(=O)N3CCOCC3)cc2)C1. The van der Waals surface area contributed by atoms with Crippen molar-refractivity contribution < 1.29 is 13.7 Å². The third kappa shape index (κ3) is 3.58. The van der Waals surface area contributed by atoms with Gasteiger partial charge in [0.15, 0.2) is 0 Å². The Morgan fingerprint density at radius 3 is 2.45 bits per heavy atom. The smallest absolute Gasteiger partial charge is 0.127 e. The van der Waals surface area contributed by atoms with Crippen molar-refractivity contribution in [2.24, 2.45) is 0 Å². The quantitative estimate of drug-likeness (QED) is 0.818. The highest BCUT2D eigenvalue weighted by Gasteiger charge is 2.38. The van der Waals surface area contributed by atoms with E-state index < -0.39 is 11.0 Å². The normalized spacial score (nSPS) is 23.9. The zero-order chi connectivity index (χ0) is 15.6. The van der Waals surface area contributed by atoms with E-state index in [0.717, 1.165) is 37.6 Å². The fourth-order valence-corrected chi connectivity index (χ4v) is 4.12. The monoisotopic (exact) mass is 324 g/mol. The molecule has 0 saturated carbocycles. The summed E-state index contributed by atoms with van der Waals surface area (Å²) >= 11 is 0. The van der Waals surface area contributed by atoms with Crippen molar-refractivity contribution in [1.29, 1.82) is 0 Å². The second-order valence-corrected chi connectivity index (χ2v) is 7.72. The molecule has 2 heterocycles. The summed E-state index contributed by atoms with van der Waals surface area (Å²) in [4.78, 5) is 3.23. The average molecular weight is 324 g/mol. The molecule has 122 valence electrons.